The second kappa shape index (κ2) is 10.1. The molecule has 1 atom stereocenters. The molecule has 0 saturated carbocycles. The summed E-state index contributed by atoms with van der Waals surface area (Å²) < 4.78 is 5.16. The van der Waals surface area contributed by atoms with E-state index < -0.39 is 0 Å². The molecule has 2 N–H and O–H groups in total. The van der Waals surface area contributed by atoms with E-state index in [1.165, 1.54) is 11.1 Å². The van der Waals surface area contributed by atoms with Gasteiger partial charge in [0.05, 0.1) is 13.2 Å². The van der Waals surface area contributed by atoms with Crippen LogP contribution in [0.5, 0.6) is 5.75 Å². The smallest absolute Gasteiger partial charge is 0.191 e. The summed E-state index contributed by atoms with van der Waals surface area (Å²) in [5, 5.41) is 6.71. The Kier molecular flexibility index (Phi) is 8.47. The molecule has 0 aliphatic heterocycles. The molecule has 2 aromatic rings. The summed E-state index contributed by atoms with van der Waals surface area (Å²) in [7, 11) is 3.45. The fourth-order valence-corrected chi connectivity index (χ4v) is 2.15. The number of aliphatic imine (C=N–C) groups is 1. The van der Waals surface area contributed by atoms with E-state index in [9.17, 15) is 0 Å². The van der Waals surface area contributed by atoms with Gasteiger partial charge in [0.15, 0.2) is 5.96 Å². The number of nitrogens with zero attached hydrogens (tertiary/aromatic N) is 1. The number of benzene rings is 2. The first-order chi connectivity index (χ1) is 10.7. The zero-order chi connectivity index (χ0) is 15.8. The Balaban J connectivity index is 0.00000264. The third-order valence-corrected chi connectivity index (χ3v) is 3.50. The van der Waals surface area contributed by atoms with Crippen molar-refractivity contribution in [1.29, 1.82) is 0 Å². The van der Waals surface area contributed by atoms with Crippen LogP contribution in [0, 0.1) is 0 Å². The Morgan fingerprint density at radius 1 is 1.09 bits per heavy atom. The predicted molar refractivity (Wildman–Crippen MR) is 107 cm³/mol. The summed E-state index contributed by atoms with van der Waals surface area (Å²) in [5.74, 6) is 1.65. The number of halogens is 1. The van der Waals surface area contributed by atoms with Crippen LogP contribution in [-0.2, 0) is 6.54 Å². The third kappa shape index (κ3) is 6.09. The van der Waals surface area contributed by atoms with Gasteiger partial charge in [-0.05, 0) is 30.2 Å². The monoisotopic (exact) mass is 425 g/mol. The average molecular weight is 425 g/mol. The summed E-state index contributed by atoms with van der Waals surface area (Å²) in [6, 6.07) is 18.5. The van der Waals surface area contributed by atoms with E-state index in [0.717, 1.165) is 11.7 Å². The van der Waals surface area contributed by atoms with Crippen molar-refractivity contribution in [3.8, 4) is 5.75 Å². The van der Waals surface area contributed by atoms with E-state index in [-0.39, 0.29) is 30.0 Å². The minimum atomic E-state index is 0. The SMILES string of the molecule is CN=C(NCc1ccc(OC)cc1)NC(C)c1ccccc1.I. The minimum Gasteiger partial charge on any atom is -0.497 e. The van der Waals surface area contributed by atoms with Crippen molar-refractivity contribution >= 4 is 29.9 Å². The van der Waals surface area contributed by atoms with E-state index >= 15 is 0 Å². The first-order valence-electron chi connectivity index (χ1n) is 7.38. The standard InChI is InChI=1S/C18H23N3O.HI/c1-14(16-7-5-4-6-8-16)21-18(19-2)20-13-15-9-11-17(22-3)12-10-15;/h4-12,14H,13H2,1-3H3,(H2,19,20,21);1H. The molecular weight excluding hydrogens is 401 g/mol. The molecule has 0 aliphatic rings. The molecule has 0 amide bonds. The molecule has 0 bridgehead atoms. The topological polar surface area (TPSA) is 45.7 Å². The molecule has 1 unspecified atom stereocenters. The van der Waals surface area contributed by atoms with Crippen molar-refractivity contribution < 1.29 is 4.74 Å². The van der Waals surface area contributed by atoms with Crippen molar-refractivity contribution in [2.75, 3.05) is 14.2 Å². The number of methoxy groups -OCH3 is 1. The maximum Gasteiger partial charge on any atom is 0.191 e. The molecule has 23 heavy (non-hydrogen) atoms. The zero-order valence-corrected chi connectivity index (χ0v) is 16.1. The Bertz CT molecular complexity index is 599. The summed E-state index contributed by atoms with van der Waals surface area (Å²) in [5.41, 5.74) is 2.41. The van der Waals surface area contributed by atoms with Crippen LogP contribution in [0.3, 0.4) is 0 Å². The van der Waals surface area contributed by atoms with E-state index in [0.29, 0.717) is 6.54 Å². The highest BCUT2D eigenvalue weighted by molar-refractivity contribution is 14.0. The normalized spacial score (nSPS) is 12.0. The zero-order valence-electron chi connectivity index (χ0n) is 13.7. The number of guanidine groups is 1. The van der Waals surface area contributed by atoms with Crippen LogP contribution in [0.15, 0.2) is 59.6 Å². The van der Waals surface area contributed by atoms with Gasteiger partial charge in [0.25, 0.3) is 0 Å². The fourth-order valence-electron chi connectivity index (χ4n) is 2.15. The molecule has 124 valence electrons. The Labute approximate surface area is 155 Å². The van der Waals surface area contributed by atoms with Gasteiger partial charge in [0.2, 0.25) is 0 Å². The summed E-state index contributed by atoms with van der Waals surface area (Å²) >= 11 is 0. The molecule has 0 fully saturated rings. The molecule has 2 aromatic carbocycles. The number of nitrogens with one attached hydrogen (secondary N) is 2. The largest absolute Gasteiger partial charge is 0.497 e. The first-order valence-corrected chi connectivity index (χ1v) is 7.38. The second-order valence-corrected chi connectivity index (χ2v) is 5.05. The molecule has 0 aliphatic carbocycles. The van der Waals surface area contributed by atoms with Gasteiger partial charge in [0, 0.05) is 13.6 Å². The van der Waals surface area contributed by atoms with Crippen LogP contribution >= 0.6 is 24.0 Å². The third-order valence-electron chi connectivity index (χ3n) is 3.50. The molecule has 0 heterocycles. The lowest BCUT2D eigenvalue weighted by molar-refractivity contribution is 0.414. The summed E-state index contributed by atoms with van der Waals surface area (Å²) in [4.78, 5) is 4.27. The van der Waals surface area contributed by atoms with Crippen LogP contribution in [0.2, 0.25) is 0 Å². The molecule has 0 saturated heterocycles. The molecule has 4 nitrogen and oxygen atoms in total. The maximum absolute atomic E-state index is 5.16. The molecular formula is C18H24IN3O. The van der Waals surface area contributed by atoms with Gasteiger partial charge in [-0.1, -0.05) is 42.5 Å². The van der Waals surface area contributed by atoms with Crippen molar-refractivity contribution in [2.45, 2.75) is 19.5 Å². The van der Waals surface area contributed by atoms with Gasteiger partial charge in [-0.25, -0.2) is 0 Å². The Hall–Kier alpha value is -1.76. The van der Waals surface area contributed by atoms with E-state index in [4.69, 9.17) is 4.74 Å². The van der Waals surface area contributed by atoms with Crippen molar-refractivity contribution in [3.63, 3.8) is 0 Å². The first kappa shape index (κ1) is 19.3. The molecule has 0 radical (unpaired) electrons. The molecule has 5 heteroatoms. The average Bonchev–Trinajstić information content (AvgIpc) is 2.59. The van der Waals surface area contributed by atoms with Crippen LogP contribution in [0.4, 0.5) is 0 Å². The van der Waals surface area contributed by atoms with Gasteiger partial charge in [0.1, 0.15) is 5.75 Å². The predicted octanol–water partition coefficient (Wildman–Crippen LogP) is 3.74. The van der Waals surface area contributed by atoms with Gasteiger partial charge >= 0.3 is 0 Å². The van der Waals surface area contributed by atoms with Gasteiger partial charge < -0.3 is 15.4 Å². The van der Waals surface area contributed by atoms with Crippen molar-refractivity contribution in [1.82, 2.24) is 10.6 Å². The number of hydrogen-bond donors (Lipinski definition) is 2. The van der Waals surface area contributed by atoms with Crippen LogP contribution in [0.25, 0.3) is 0 Å². The highest BCUT2D eigenvalue weighted by Crippen LogP contribution is 2.12. The second-order valence-electron chi connectivity index (χ2n) is 5.05. The van der Waals surface area contributed by atoms with Crippen molar-refractivity contribution in [2.24, 2.45) is 4.99 Å². The number of hydrogen-bond acceptors (Lipinski definition) is 2. The number of rotatable bonds is 5. The fraction of sp³-hybridized carbons (Fsp3) is 0.278. The lowest BCUT2D eigenvalue weighted by Gasteiger charge is -2.18. The van der Waals surface area contributed by atoms with Crippen molar-refractivity contribution in [3.05, 3.63) is 65.7 Å². The molecule has 0 aromatic heterocycles. The van der Waals surface area contributed by atoms with Crippen LogP contribution in [-0.4, -0.2) is 20.1 Å². The Morgan fingerprint density at radius 2 is 1.74 bits per heavy atom. The van der Waals surface area contributed by atoms with E-state index in [1.54, 1.807) is 14.2 Å². The minimum absolute atomic E-state index is 0. The highest BCUT2D eigenvalue weighted by Gasteiger charge is 2.07. The summed E-state index contributed by atoms with van der Waals surface area (Å²) in [6.45, 7) is 2.83. The van der Waals surface area contributed by atoms with E-state index in [1.807, 2.05) is 42.5 Å². The Morgan fingerprint density at radius 3 is 2.30 bits per heavy atom. The lowest BCUT2D eigenvalue weighted by Crippen LogP contribution is -2.38. The number of ether oxygens (including phenoxy) is 1. The summed E-state index contributed by atoms with van der Waals surface area (Å²) in [6.07, 6.45) is 0. The van der Waals surface area contributed by atoms with Gasteiger partial charge in [-0.3, -0.25) is 4.99 Å². The maximum atomic E-state index is 5.16. The van der Waals surface area contributed by atoms with E-state index in [2.05, 4.69) is 34.7 Å². The van der Waals surface area contributed by atoms with Gasteiger partial charge in [-0.2, -0.15) is 0 Å². The van der Waals surface area contributed by atoms with Crippen LogP contribution < -0.4 is 15.4 Å². The molecule has 0 spiro atoms. The molecule has 2 rings (SSSR count). The van der Waals surface area contributed by atoms with Crippen LogP contribution in [0.1, 0.15) is 24.1 Å². The quantitative estimate of drug-likeness (QED) is 0.436. The highest BCUT2D eigenvalue weighted by atomic mass is 127. The van der Waals surface area contributed by atoms with Gasteiger partial charge in [-0.15, -0.1) is 24.0 Å². The lowest BCUT2D eigenvalue weighted by atomic mass is 10.1.